The third kappa shape index (κ3) is 33.3. The molecule has 0 saturated carbocycles. The summed E-state index contributed by atoms with van der Waals surface area (Å²) in [5.41, 5.74) is 0. The Hall–Kier alpha value is -1.47. The lowest BCUT2D eigenvalue weighted by atomic mass is 9.96. The SMILES string of the molecule is CCCCCCCCCCCCCCCCCCCCCCCCCCCC/C=C/C(O)C(COC1OC(CO)C(OC2OC(CO)C(OC3OC(CO)C(O)C(O)C3O)C(O)C2O)C(O)C1O)NC(=O)CCCCCCCCCCCCCCCC. The summed E-state index contributed by atoms with van der Waals surface area (Å²) >= 11 is 0. The van der Waals surface area contributed by atoms with Gasteiger partial charge < -0.3 is 89.9 Å². The van der Waals surface area contributed by atoms with Crippen molar-refractivity contribution < 1.29 is 89.4 Å². The van der Waals surface area contributed by atoms with Crippen LogP contribution in [-0.2, 0) is 33.2 Å². The van der Waals surface area contributed by atoms with Crippen LogP contribution in [0.3, 0.4) is 0 Å². The zero-order valence-corrected chi connectivity index (χ0v) is 54.3. The van der Waals surface area contributed by atoms with Crippen molar-refractivity contribution in [1.29, 1.82) is 0 Å². The highest BCUT2D eigenvalue weighted by atomic mass is 16.8. The minimum atomic E-state index is -1.98. The first kappa shape index (κ1) is 79.8. The Balaban J connectivity index is 1.41. The summed E-state index contributed by atoms with van der Waals surface area (Å²) in [4.78, 5) is 13.4. The number of hydrogen-bond donors (Lipinski definition) is 12. The maximum absolute atomic E-state index is 13.4. The molecule has 514 valence electrons. The van der Waals surface area contributed by atoms with Crippen molar-refractivity contribution >= 4 is 5.91 Å². The fourth-order valence-electron chi connectivity index (χ4n) is 12.3. The molecule has 12 N–H and O–H groups in total. The van der Waals surface area contributed by atoms with E-state index in [1.54, 1.807) is 6.08 Å². The number of amides is 1. The van der Waals surface area contributed by atoms with Crippen molar-refractivity contribution in [3.63, 3.8) is 0 Å². The van der Waals surface area contributed by atoms with Crippen molar-refractivity contribution in [2.24, 2.45) is 0 Å². The van der Waals surface area contributed by atoms with Crippen LogP contribution in [0.4, 0.5) is 0 Å². The molecule has 3 aliphatic heterocycles. The fraction of sp³-hybridized carbons (Fsp3) is 0.956. The van der Waals surface area contributed by atoms with Crippen LogP contribution in [-0.4, -0.2) is 193 Å². The second-order valence-electron chi connectivity index (χ2n) is 25.7. The molecule has 0 aliphatic carbocycles. The van der Waals surface area contributed by atoms with Crippen LogP contribution in [0.5, 0.6) is 0 Å². The summed E-state index contributed by atoms with van der Waals surface area (Å²) in [7, 11) is 0. The number of allylic oxidation sites excluding steroid dienone is 1. The van der Waals surface area contributed by atoms with E-state index in [2.05, 4.69) is 19.2 Å². The highest BCUT2D eigenvalue weighted by Crippen LogP contribution is 2.33. The van der Waals surface area contributed by atoms with Gasteiger partial charge in [0, 0.05) is 6.42 Å². The standard InChI is InChI=1S/C68H129NO18/c1-3-5-7-9-11-13-15-17-19-20-21-22-23-24-25-26-27-28-29-30-31-32-33-35-37-39-41-43-45-52(73)51(69-56(74)46-44-42-40-38-36-34-18-16-14-12-10-8-6-4-2)50-82-66-62(80)59(77)64(54(48-71)84-66)87-68-63(81)60(78)65(55(49-72)85-68)86-67-61(79)58(76)57(75)53(47-70)83-67/h43,45,51-55,57-68,70-73,75-81H,3-42,44,46-50H2,1-2H3,(H,69,74)/b45-43+. The predicted octanol–water partition coefficient (Wildman–Crippen LogP) is 9.28. The number of carbonyl (C=O) groups is 1. The van der Waals surface area contributed by atoms with Gasteiger partial charge in [0.05, 0.1) is 38.6 Å². The average Bonchev–Trinajstić information content (AvgIpc) is 2.65. The van der Waals surface area contributed by atoms with Crippen LogP contribution in [0.2, 0.25) is 0 Å². The summed E-state index contributed by atoms with van der Waals surface area (Å²) < 4.78 is 34.3. The lowest BCUT2D eigenvalue weighted by Crippen LogP contribution is -2.66. The summed E-state index contributed by atoms with van der Waals surface area (Å²) in [5.74, 6) is -0.271. The number of hydrogen-bond acceptors (Lipinski definition) is 18. The first-order valence-corrected chi connectivity index (χ1v) is 35.4. The molecule has 3 saturated heterocycles. The number of aliphatic hydroxyl groups is 11. The molecular weight excluding hydrogens is 1120 g/mol. The van der Waals surface area contributed by atoms with Gasteiger partial charge in [0.1, 0.15) is 73.2 Å². The lowest BCUT2D eigenvalue weighted by Gasteiger charge is -2.48. The Morgan fingerprint density at radius 3 is 1.08 bits per heavy atom. The van der Waals surface area contributed by atoms with Crippen LogP contribution < -0.4 is 5.32 Å². The number of unbranched alkanes of at least 4 members (excludes halogenated alkanes) is 39. The lowest BCUT2D eigenvalue weighted by molar-refractivity contribution is -0.379. The Bertz CT molecular complexity index is 1630. The molecule has 17 atom stereocenters. The minimum absolute atomic E-state index is 0.249. The first-order chi connectivity index (χ1) is 42.3. The molecule has 3 fully saturated rings. The summed E-state index contributed by atoms with van der Waals surface area (Å²) in [5, 5.41) is 120. The van der Waals surface area contributed by atoms with E-state index < -0.39 is 124 Å². The van der Waals surface area contributed by atoms with Gasteiger partial charge in [-0.05, 0) is 19.3 Å². The second-order valence-corrected chi connectivity index (χ2v) is 25.7. The van der Waals surface area contributed by atoms with Crippen LogP contribution in [0.15, 0.2) is 12.2 Å². The molecule has 0 aromatic heterocycles. The molecule has 1 amide bonds. The largest absolute Gasteiger partial charge is 0.394 e. The van der Waals surface area contributed by atoms with Gasteiger partial charge >= 0.3 is 0 Å². The van der Waals surface area contributed by atoms with Crippen molar-refractivity contribution in [2.75, 3.05) is 26.4 Å². The Morgan fingerprint density at radius 2 is 0.713 bits per heavy atom. The van der Waals surface area contributed by atoms with Gasteiger partial charge in [-0.3, -0.25) is 4.79 Å². The van der Waals surface area contributed by atoms with Crippen molar-refractivity contribution in [3.05, 3.63) is 12.2 Å². The number of ether oxygens (including phenoxy) is 6. The van der Waals surface area contributed by atoms with Gasteiger partial charge in [0.2, 0.25) is 5.91 Å². The van der Waals surface area contributed by atoms with Crippen LogP contribution in [0.1, 0.15) is 284 Å². The first-order valence-electron chi connectivity index (χ1n) is 35.4. The van der Waals surface area contributed by atoms with E-state index in [9.17, 15) is 61.0 Å². The molecular formula is C68H129NO18. The molecule has 0 radical (unpaired) electrons. The van der Waals surface area contributed by atoms with Crippen molar-refractivity contribution in [1.82, 2.24) is 5.32 Å². The average molecular weight is 1250 g/mol. The Morgan fingerprint density at radius 1 is 0.402 bits per heavy atom. The molecule has 3 rings (SSSR count). The number of aliphatic hydroxyl groups excluding tert-OH is 11. The quantitative estimate of drug-likeness (QED) is 0.0199. The van der Waals surface area contributed by atoms with E-state index >= 15 is 0 Å². The number of carbonyl (C=O) groups excluding carboxylic acids is 1. The van der Waals surface area contributed by atoms with E-state index in [4.69, 9.17) is 28.4 Å². The molecule has 87 heavy (non-hydrogen) atoms. The monoisotopic (exact) mass is 1250 g/mol. The van der Waals surface area contributed by atoms with E-state index in [0.717, 1.165) is 44.9 Å². The number of rotatable bonds is 55. The molecule has 3 aliphatic rings. The predicted molar refractivity (Wildman–Crippen MR) is 337 cm³/mol. The Kier molecular flexibility index (Phi) is 46.8. The number of nitrogens with one attached hydrogen (secondary N) is 1. The topological polar surface area (TPSA) is 307 Å². The van der Waals surface area contributed by atoms with Crippen molar-refractivity contribution in [3.8, 4) is 0 Å². The van der Waals surface area contributed by atoms with Gasteiger partial charge in [-0.15, -0.1) is 0 Å². The zero-order valence-electron chi connectivity index (χ0n) is 54.3. The highest BCUT2D eigenvalue weighted by Gasteiger charge is 2.53. The summed E-state index contributed by atoms with van der Waals surface area (Å²) in [6, 6.07) is -0.968. The molecule has 0 bridgehead atoms. The maximum Gasteiger partial charge on any atom is 0.220 e. The van der Waals surface area contributed by atoms with Gasteiger partial charge in [0.15, 0.2) is 18.9 Å². The molecule has 0 aromatic rings. The third-order valence-corrected chi connectivity index (χ3v) is 18.1. The molecule has 0 aromatic carbocycles. The smallest absolute Gasteiger partial charge is 0.220 e. The van der Waals surface area contributed by atoms with Gasteiger partial charge in [-0.1, -0.05) is 270 Å². The highest BCUT2D eigenvalue weighted by molar-refractivity contribution is 5.76. The second kappa shape index (κ2) is 51.0. The summed E-state index contributed by atoms with van der Waals surface area (Å²) in [6.45, 7) is 1.76. The van der Waals surface area contributed by atoms with Gasteiger partial charge in [0.25, 0.3) is 0 Å². The van der Waals surface area contributed by atoms with E-state index in [0.29, 0.717) is 6.42 Å². The van der Waals surface area contributed by atoms with Crippen LogP contribution in [0.25, 0.3) is 0 Å². The van der Waals surface area contributed by atoms with E-state index in [-0.39, 0.29) is 18.9 Å². The van der Waals surface area contributed by atoms with Crippen molar-refractivity contribution in [2.45, 2.75) is 388 Å². The molecule has 3 heterocycles. The third-order valence-electron chi connectivity index (χ3n) is 18.1. The zero-order chi connectivity index (χ0) is 63.3. The van der Waals surface area contributed by atoms with E-state index in [1.807, 2.05) is 6.08 Å². The molecule has 0 spiro atoms. The van der Waals surface area contributed by atoms with Crippen LogP contribution in [0, 0.1) is 0 Å². The van der Waals surface area contributed by atoms with E-state index in [1.165, 1.54) is 212 Å². The van der Waals surface area contributed by atoms with Gasteiger partial charge in [-0.2, -0.15) is 0 Å². The fourth-order valence-corrected chi connectivity index (χ4v) is 12.3. The van der Waals surface area contributed by atoms with Crippen LogP contribution >= 0.6 is 0 Å². The summed E-state index contributed by atoms with van der Waals surface area (Å²) in [6.07, 6.45) is 29.1. The molecule has 19 heteroatoms. The molecule has 19 nitrogen and oxygen atoms in total. The molecule has 17 unspecified atom stereocenters. The van der Waals surface area contributed by atoms with Gasteiger partial charge in [-0.25, -0.2) is 0 Å². The maximum atomic E-state index is 13.4. The normalized spacial score (nSPS) is 28.6. The Labute approximate surface area is 525 Å². The minimum Gasteiger partial charge on any atom is -0.394 e.